The zero-order valence-electron chi connectivity index (χ0n) is 9.95. The van der Waals surface area contributed by atoms with Gasteiger partial charge < -0.3 is 9.84 Å². The van der Waals surface area contributed by atoms with Gasteiger partial charge in [0.25, 0.3) is 0 Å². The third kappa shape index (κ3) is 2.93. The molecule has 0 heterocycles. The van der Waals surface area contributed by atoms with Crippen LogP contribution in [-0.4, -0.2) is 17.7 Å². The van der Waals surface area contributed by atoms with Crippen LogP contribution in [0.4, 0.5) is 4.39 Å². The summed E-state index contributed by atoms with van der Waals surface area (Å²) in [4.78, 5) is 11.0. The van der Waals surface area contributed by atoms with E-state index >= 15 is 0 Å². The number of rotatable bonds is 5. The number of ether oxygens (including phenoxy) is 1. The first-order chi connectivity index (χ1) is 8.49. The largest absolute Gasteiger partial charge is 0.491 e. The lowest BCUT2D eigenvalue weighted by Gasteiger charge is -2.15. The maximum absolute atomic E-state index is 13.3. The molecule has 0 radical (unpaired) electrons. The van der Waals surface area contributed by atoms with Gasteiger partial charge in [-0.1, -0.05) is 11.6 Å². The van der Waals surface area contributed by atoms with E-state index in [9.17, 15) is 9.18 Å². The molecular formula is C13H14ClFO3. The zero-order chi connectivity index (χ0) is 13.3. The van der Waals surface area contributed by atoms with E-state index in [0.29, 0.717) is 18.3 Å². The predicted molar refractivity (Wildman–Crippen MR) is 65.7 cm³/mol. The summed E-state index contributed by atoms with van der Waals surface area (Å²) < 4.78 is 18.9. The van der Waals surface area contributed by atoms with Crippen molar-refractivity contribution in [2.75, 3.05) is 6.61 Å². The molecule has 18 heavy (non-hydrogen) atoms. The summed E-state index contributed by atoms with van der Waals surface area (Å²) in [5.41, 5.74) is 0.285. The molecule has 1 aromatic carbocycles. The van der Waals surface area contributed by atoms with E-state index in [2.05, 4.69) is 0 Å². The Morgan fingerprint density at radius 2 is 2.28 bits per heavy atom. The van der Waals surface area contributed by atoms with E-state index < -0.39 is 17.7 Å². The van der Waals surface area contributed by atoms with Gasteiger partial charge in [-0.05, 0) is 37.8 Å². The Balaban J connectivity index is 2.30. The molecule has 0 amide bonds. The van der Waals surface area contributed by atoms with Gasteiger partial charge in [-0.15, -0.1) is 0 Å². The summed E-state index contributed by atoms with van der Waals surface area (Å²) in [6.45, 7) is 1.99. The fourth-order valence-electron chi connectivity index (χ4n) is 1.67. The fourth-order valence-corrected chi connectivity index (χ4v) is 1.94. The average Bonchev–Trinajstić information content (AvgIpc) is 3.09. The van der Waals surface area contributed by atoms with Crippen LogP contribution in [-0.2, 0) is 4.79 Å². The highest BCUT2D eigenvalue weighted by atomic mass is 35.5. The molecule has 1 N–H and O–H groups in total. The van der Waals surface area contributed by atoms with Crippen LogP contribution in [0.3, 0.4) is 0 Å². The molecule has 1 unspecified atom stereocenters. The molecule has 0 aliphatic heterocycles. The van der Waals surface area contributed by atoms with E-state index in [4.69, 9.17) is 21.4 Å². The van der Waals surface area contributed by atoms with Gasteiger partial charge in [0.2, 0.25) is 0 Å². The molecule has 1 atom stereocenters. The minimum absolute atomic E-state index is 0.124. The average molecular weight is 273 g/mol. The fraction of sp³-hybridized carbons (Fsp3) is 0.462. The van der Waals surface area contributed by atoms with Gasteiger partial charge in [-0.25, -0.2) is 4.39 Å². The summed E-state index contributed by atoms with van der Waals surface area (Å²) >= 11 is 5.93. The quantitative estimate of drug-likeness (QED) is 0.893. The SMILES string of the molecule is CC(C(=O)O)c1cc(F)cc(Cl)c1OCC1CC1. The van der Waals surface area contributed by atoms with Crippen molar-refractivity contribution < 1.29 is 19.0 Å². The molecule has 0 aromatic heterocycles. The topological polar surface area (TPSA) is 46.5 Å². The number of halogens is 2. The van der Waals surface area contributed by atoms with Gasteiger partial charge in [0.1, 0.15) is 11.6 Å². The predicted octanol–water partition coefficient (Wildman–Crippen LogP) is 3.46. The second kappa shape index (κ2) is 5.14. The lowest BCUT2D eigenvalue weighted by atomic mass is 10.00. The van der Waals surface area contributed by atoms with Crippen LogP contribution in [0.1, 0.15) is 31.2 Å². The van der Waals surface area contributed by atoms with Crippen molar-refractivity contribution in [2.24, 2.45) is 5.92 Å². The van der Waals surface area contributed by atoms with E-state index in [1.165, 1.54) is 13.0 Å². The van der Waals surface area contributed by atoms with Crippen LogP contribution in [0.15, 0.2) is 12.1 Å². The van der Waals surface area contributed by atoms with Crippen molar-refractivity contribution in [3.63, 3.8) is 0 Å². The molecule has 1 fully saturated rings. The highest BCUT2D eigenvalue weighted by molar-refractivity contribution is 6.32. The van der Waals surface area contributed by atoms with Crippen molar-refractivity contribution >= 4 is 17.6 Å². The first-order valence-corrected chi connectivity index (χ1v) is 6.21. The summed E-state index contributed by atoms with van der Waals surface area (Å²) in [5.74, 6) is -1.64. The van der Waals surface area contributed by atoms with Crippen molar-refractivity contribution in [3.8, 4) is 5.75 Å². The molecule has 1 aliphatic carbocycles. The second-order valence-corrected chi connectivity index (χ2v) is 5.03. The molecule has 5 heteroatoms. The number of hydrogen-bond acceptors (Lipinski definition) is 2. The van der Waals surface area contributed by atoms with E-state index in [0.717, 1.165) is 18.9 Å². The first kappa shape index (κ1) is 13.1. The molecule has 0 bridgehead atoms. The Kier molecular flexibility index (Phi) is 3.76. The molecule has 1 saturated carbocycles. The maximum Gasteiger partial charge on any atom is 0.310 e. The molecule has 0 saturated heterocycles. The third-order valence-corrected chi connectivity index (χ3v) is 3.32. The molecule has 1 aromatic rings. The van der Waals surface area contributed by atoms with Gasteiger partial charge in [0.15, 0.2) is 0 Å². The first-order valence-electron chi connectivity index (χ1n) is 5.83. The number of hydrogen-bond donors (Lipinski definition) is 1. The second-order valence-electron chi connectivity index (χ2n) is 4.62. The number of aliphatic carboxylic acids is 1. The Hall–Kier alpha value is -1.29. The zero-order valence-corrected chi connectivity index (χ0v) is 10.7. The number of carboxylic acids is 1. The van der Waals surface area contributed by atoms with Crippen molar-refractivity contribution in [1.29, 1.82) is 0 Å². The van der Waals surface area contributed by atoms with Crippen LogP contribution in [0.5, 0.6) is 5.75 Å². The Morgan fingerprint density at radius 1 is 1.61 bits per heavy atom. The highest BCUT2D eigenvalue weighted by Crippen LogP contribution is 2.37. The number of carbonyl (C=O) groups is 1. The maximum atomic E-state index is 13.3. The smallest absolute Gasteiger partial charge is 0.310 e. The van der Waals surface area contributed by atoms with E-state index in [1.807, 2.05) is 0 Å². The molecular weight excluding hydrogens is 259 g/mol. The Morgan fingerprint density at radius 3 is 2.83 bits per heavy atom. The summed E-state index contributed by atoms with van der Waals surface area (Å²) in [6.07, 6.45) is 2.23. The molecule has 3 nitrogen and oxygen atoms in total. The number of benzene rings is 1. The summed E-state index contributed by atoms with van der Waals surface area (Å²) in [7, 11) is 0. The van der Waals surface area contributed by atoms with Crippen LogP contribution in [0.2, 0.25) is 5.02 Å². The highest BCUT2D eigenvalue weighted by Gasteiger charge is 2.26. The number of carboxylic acid groups (broad SMARTS) is 1. The molecule has 0 spiro atoms. The van der Waals surface area contributed by atoms with Crippen molar-refractivity contribution in [3.05, 3.63) is 28.5 Å². The lowest BCUT2D eigenvalue weighted by Crippen LogP contribution is -2.11. The van der Waals surface area contributed by atoms with Gasteiger partial charge in [-0.3, -0.25) is 4.79 Å². The summed E-state index contributed by atoms with van der Waals surface area (Å²) in [5, 5.41) is 9.13. The lowest BCUT2D eigenvalue weighted by molar-refractivity contribution is -0.138. The summed E-state index contributed by atoms with van der Waals surface area (Å²) in [6, 6.07) is 2.31. The van der Waals surface area contributed by atoms with E-state index in [1.54, 1.807) is 0 Å². The van der Waals surface area contributed by atoms with Gasteiger partial charge in [-0.2, -0.15) is 0 Å². The monoisotopic (exact) mass is 272 g/mol. The van der Waals surface area contributed by atoms with Crippen LogP contribution in [0.25, 0.3) is 0 Å². The van der Waals surface area contributed by atoms with Crippen LogP contribution >= 0.6 is 11.6 Å². The van der Waals surface area contributed by atoms with Crippen LogP contribution in [0, 0.1) is 11.7 Å². The third-order valence-electron chi connectivity index (χ3n) is 3.03. The normalized spacial score (nSPS) is 16.4. The Bertz CT molecular complexity index is 472. The van der Waals surface area contributed by atoms with Crippen molar-refractivity contribution in [1.82, 2.24) is 0 Å². The van der Waals surface area contributed by atoms with Crippen LogP contribution < -0.4 is 4.74 Å². The Labute approximate surface area is 110 Å². The standard InChI is InChI=1S/C13H14ClFO3/c1-7(13(16)17)10-4-9(15)5-11(14)12(10)18-6-8-2-3-8/h4-5,7-8H,2-3,6H2,1H3,(H,16,17). The van der Waals surface area contributed by atoms with Gasteiger partial charge in [0.05, 0.1) is 17.5 Å². The van der Waals surface area contributed by atoms with Gasteiger partial charge in [0, 0.05) is 5.56 Å². The molecule has 98 valence electrons. The van der Waals surface area contributed by atoms with E-state index in [-0.39, 0.29) is 10.6 Å². The van der Waals surface area contributed by atoms with Gasteiger partial charge >= 0.3 is 5.97 Å². The molecule has 2 rings (SSSR count). The van der Waals surface area contributed by atoms with Crippen molar-refractivity contribution in [2.45, 2.75) is 25.7 Å². The minimum atomic E-state index is -1.03. The minimum Gasteiger partial charge on any atom is -0.491 e. The molecule has 1 aliphatic rings.